The third-order valence-corrected chi connectivity index (χ3v) is 10.6. The largest absolute Gasteiger partial charge is 0.393 e. The molecule has 3 fully saturated rings. The Morgan fingerprint density at radius 3 is 2.45 bits per heavy atom. The zero-order valence-corrected chi connectivity index (χ0v) is 20.0. The van der Waals surface area contributed by atoms with Crippen LogP contribution in [0.4, 0.5) is 0 Å². The van der Waals surface area contributed by atoms with Crippen molar-refractivity contribution in [3.8, 4) is 0 Å². The molecule has 4 aliphatic carbocycles. The number of aliphatic hydroxyl groups excluding tert-OH is 1. The summed E-state index contributed by atoms with van der Waals surface area (Å²) < 4.78 is 0. The monoisotopic (exact) mass is 398 g/mol. The van der Waals surface area contributed by atoms with Crippen molar-refractivity contribution < 1.29 is 5.11 Å². The molecule has 4 rings (SSSR count). The molecule has 0 aromatic heterocycles. The number of aliphatic hydroxyl groups is 1. The van der Waals surface area contributed by atoms with Crippen LogP contribution >= 0.6 is 0 Å². The highest BCUT2D eigenvalue weighted by molar-refractivity contribution is 5.25. The summed E-state index contributed by atoms with van der Waals surface area (Å²) >= 11 is 0. The molecule has 0 radical (unpaired) electrons. The second kappa shape index (κ2) is 7.85. The van der Waals surface area contributed by atoms with E-state index < -0.39 is 0 Å². The van der Waals surface area contributed by atoms with Crippen LogP contribution in [0, 0.1) is 52.3 Å². The molecule has 164 valence electrons. The predicted octanol–water partition coefficient (Wildman–Crippen LogP) is 7.41. The Kier molecular flexibility index (Phi) is 5.86. The number of hydrogen-bond donors (Lipinski definition) is 1. The molecule has 1 nitrogen and oxygen atoms in total. The molecule has 0 saturated heterocycles. The lowest BCUT2D eigenvalue weighted by Crippen LogP contribution is -2.50. The maximum atomic E-state index is 10.2. The third-order valence-electron chi connectivity index (χ3n) is 10.6. The van der Waals surface area contributed by atoms with E-state index in [0.717, 1.165) is 42.4 Å². The van der Waals surface area contributed by atoms with Gasteiger partial charge in [0.05, 0.1) is 6.10 Å². The van der Waals surface area contributed by atoms with E-state index in [1.54, 1.807) is 5.57 Å². The Labute approximate surface area is 180 Å². The van der Waals surface area contributed by atoms with E-state index in [2.05, 4.69) is 59.8 Å². The molecule has 3 saturated carbocycles. The average molecular weight is 399 g/mol. The Hall–Kier alpha value is -0.560. The van der Waals surface area contributed by atoms with Gasteiger partial charge in [0.25, 0.3) is 0 Å². The van der Waals surface area contributed by atoms with Crippen LogP contribution in [0.5, 0.6) is 0 Å². The van der Waals surface area contributed by atoms with Gasteiger partial charge in [-0.3, -0.25) is 0 Å². The predicted molar refractivity (Wildman–Crippen MR) is 124 cm³/mol. The van der Waals surface area contributed by atoms with Gasteiger partial charge in [0.1, 0.15) is 0 Å². The van der Waals surface area contributed by atoms with E-state index in [1.165, 1.54) is 38.5 Å². The van der Waals surface area contributed by atoms with Crippen molar-refractivity contribution in [3.05, 3.63) is 23.8 Å². The fourth-order valence-electron chi connectivity index (χ4n) is 8.25. The number of rotatable bonds is 4. The van der Waals surface area contributed by atoms with Crippen LogP contribution in [0.2, 0.25) is 0 Å². The normalized spacial score (nSPS) is 46.8. The maximum Gasteiger partial charge on any atom is 0.0577 e. The van der Waals surface area contributed by atoms with Gasteiger partial charge in [0.2, 0.25) is 0 Å². The molecule has 0 spiro atoms. The molecule has 0 amide bonds. The second-order valence-corrected chi connectivity index (χ2v) is 12.2. The molecule has 0 bridgehead atoms. The van der Waals surface area contributed by atoms with Gasteiger partial charge in [-0.2, -0.15) is 0 Å². The zero-order chi connectivity index (χ0) is 21.0. The lowest BCUT2D eigenvalue weighted by Gasteiger charge is -2.58. The molecule has 4 aliphatic rings. The summed E-state index contributed by atoms with van der Waals surface area (Å²) in [4.78, 5) is 0. The van der Waals surface area contributed by atoms with Crippen LogP contribution in [0.3, 0.4) is 0 Å². The van der Waals surface area contributed by atoms with Crippen molar-refractivity contribution in [2.45, 2.75) is 99.0 Å². The summed E-state index contributed by atoms with van der Waals surface area (Å²) in [6.07, 6.45) is 17.7. The number of hydrogen-bond acceptors (Lipinski definition) is 1. The molecule has 0 heterocycles. The molecule has 0 aliphatic heterocycles. The van der Waals surface area contributed by atoms with Crippen molar-refractivity contribution in [1.29, 1.82) is 0 Å². The first-order valence-electron chi connectivity index (χ1n) is 12.7. The number of fused-ring (bicyclic) bond motifs is 5. The molecule has 29 heavy (non-hydrogen) atoms. The van der Waals surface area contributed by atoms with Crippen molar-refractivity contribution in [3.63, 3.8) is 0 Å². The van der Waals surface area contributed by atoms with Gasteiger partial charge < -0.3 is 5.11 Å². The van der Waals surface area contributed by atoms with Crippen LogP contribution < -0.4 is 0 Å². The van der Waals surface area contributed by atoms with Crippen LogP contribution in [-0.2, 0) is 0 Å². The summed E-state index contributed by atoms with van der Waals surface area (Å²) in [6.45, 7) is 14.7. The first-order valence-corrected chi connectivity index (χ1v) is 12.7. The van der Waals surface area contributed by atoms with Gasteiger partial charge >= 0.3 is 0 Å². The third kappa shape index (κ3) is 3.58. The number of allylic oxidation sites excluding steroid dienone is 3. The van der Waals surface area contributed by atoms with E-state index in [4.69, 9.17) is 0 Å². The van der Waals surface area contributed by atoms with Crippen molar-refractivity contribution in [1.82, 2.24) is 0 Å². The Morgan fingerprint density at radius 1 is 0.966 bits per heavy atom. The minimum atomic E-state index is -0.0866. The van der Waals surface area contributed by atoms with Crippen LogP contribution in [-0.4, -0.2) is 11.2 Å². The van der Waals surface area contributed by atoms with Crippen molar-refractivity contribution in [2.24, 2.45) is 52.3 Å². The summed E-state index contributed by atoms with van der Waals surface area (Å²) in [7, 11) is 0. The lowest BCUT2D eigenvalue weighted by atomic mass is 9.47. The van der Waals surface area contributed by atoms with E-state index in [0.29, 0.717) is 22.7 Å². The second-order valence-electron chi connectivity index (χ2n) is 12.2. The Bertz CT molecular complexity index is 659. The minimum Gasteiger partial charge on any atom is -0.393 e. The van der Waals surface area contributed by atoms with Gasteiger partial charge in [-0.15, -0.1) is 0 Å². The van der Waals surface area contributed by atoms with Crippen molar-refractivity contribution >= 4 is 0 Å². The lowest BCUT2D eigenvalue weighted by molar-refractivity contribution is -0.0540. The molecule has 0 aromatic rings. The molecular formula is C28H46O. The quantitative estimate of drug-likeness (QED) is 0.489. The van der Waals surface area contributed by atoms with E-state index >= 15 is 0 Å². The molecule has 0 aromatic carbocycles. The molecule has 0 unspecified atom stereocenters. The van der Waals surface area contributed by atoms with E-state index in [-0.39, 0.29) is 6.10 Å². The summed E-state index contributed by atoms with van der Waals surface area (Å²) in [5.41, 5.74) is 2.51. The standard InChI is InChI=1S/C28H46O/c1-18(2)19(3)7-8-20(4)24-11-12-25-23-10-9-21-17-22(29)13-15-27(21,5)26(23)14-16-28(24,25)6/h7-9,18-20,22-26,29H,10-17H2,1-6H3/t19-,20-,22+,23+,24-,25+,26+,27+,28-/m1/s1. The van der Waals surface area contributed by atoms with Gasteiger partial charge in [0, 0.05) is 0 Å². The minimum absolute atomic E-state index is 0.0866. The smallest absolute Gasteiger partial charge is 0.0577 e. The maximum absolute atomic E-state index is 10.2. The SMILES string of the molecule is CC(C)[C@H](C)C=C[C@@H](C)[C@H]1CC[C@H]2[C@@H]3CC=C4C[C@@H](O)CC[C@]4(C)[C@H]3CC[C@]12C. The highest BCUT2D eigenvalue weighted by atomic mass is 16.3. The summed E-state index contributed by atoms with van der Waals surface area (Å²) in [5.74, 6) is 5.63. The van der Waals surface area contributed by atoms with Gasteiger partial charge in [-0.05, 0) is 104 Å². The van der Waals surface area contributed by atoms with Gasteiger partial charge in [0.15, 0.2) is 0 Å². The Morgan fingerprint density at radius 2 is 1.72 bits per heavy atom. The highest BCUT2D eigenvalue weighted by Crippen LogP contribution is 2.67. The molecule has 1 N–H and O–H groups in total. The van der Waals surface area contributed by atoms with Crippen LogP contribution in [0.1, 0.15) is 92.9 Å². The van der Waals surface area contributed by atoms with Crippen LogP contribution in [0.15, 0.2) is 23.8 Å². The van der Waals surface area contributed by atoms with E-state index in [1.807, 2.05) is 0 Å². The van der Waals surface area contributed by atoms with Crippen molar-refractivity contribution in [2.75, 3.05) is 0 Å². The Balaban J connectivity index is 1.53. The van der Waals surface area contributed by atoms with Gasteiger partial charge in [-0.25, -0.2) is 0 Å². The van der Waals surface area contributed by atoms with Crippen LogP contribution in [0.25, 0.3) is 0 Å². The van der Waals surface area contributed by atoms with E-state index in [9.17, 15) is 5.11 Å². The first-order chi connectivity index (χ1) is 13.7. The average Bonchev–Trinajstić information content (AvgIpc) is 3.03. The fourth-order valence-corrected chi connectivity index (χ4v) is 8.25. The fraction of sp³-hybridized carbons (Fsp3) is 0.857. The summed E-state index contributed by atoms with van der Waals surface area (Å²) in [6, 6.07) is 0. The molecule has 9 atom stereocenters. The molecule has 1 heteroatoms. The topological polar surface area (TPSA) is 20.2 Å². The molecular weight excluding hydrogens is 352 g/mol. The summed E-state index contributed by atoms with van der Waals surface area (Å²) in [5, 5.41) is 10.2. The van der Waals surface area contributed by atoms with Gasteiger partial charge in [-0.1, -0.05) is 65.3 Å². The first kappa shape index (κ1) is 21.7. The highest BCUT2D eigenvalue weighted by Gasteiger charge is 2.58. The zero-order valence-electron chi connectivity index (χ0n) is 20.0.